The normalized spacial score (nSPS) is 11.6. The maximum Gasteiger partial charge on any atom is 0.339 e. The summed E-state index contributed by atoms with van der Waals surface area (Å²) in [5.41, 5.74) is -0.0130. The van der Waals surface area contributed by atoms with Crippen molar-refractivity contribution in [3.05, 3.63) is 23.8 Å². The SMILES string of the molecule is CCCNC(=O)[C@@H](C)Oc1cc(OC)ccc1C(=O)O. The van der Waals surface area contributed by atoms with Crippen molar-refractivity contribution in [3.8, 4) is 11.5 Å². The summed E-state index contributed by atoms with van der Waals surface area (Å²) in [7, 11) is 1.47. The van der Waals surface area contributed by atoms with Gasteiger partial charge >= 0.3 is 5.97 Å². The molecule has 0 aromatic heterocycles. The van der Waals surface area contributed by atoms with Gasteiger partial charge in [0, 0.05) is 12.6 Å². The number of carbonyl (C=O) groups is 2. The van der Waals surface area contributed by atoms with Crippen LogP contribution in [0.3, 0.4) is 0 Å². The first-order valence-corrected chi connectivity index (χ1v) is 6.35. The first-order valence-electron chi connectivity index (χ1n) is 6.35. The van der Waals surface area contributed by atoms with Gasteiger partial charge in [-0.15, -0.1) is 0 Å². The molecule has 0 aliphatic rings. The number of aromatic carboxylic acids is 1. The molecule has 0 aliphatic heterocycles. The summed E-state index contributed by atoms with van der Waals surface area (Å²) in [6, 6.07) is 4.36. The zero-order valence-corrected chi connectivity index (χ0v) is 11.8. The van der Waals surface area contributed by atoms with Crippen LogP contribution in [0.5, 0.6) is 11.5 Å². The maximum absolute atomic E-state index is 11.7. The van der Waals surface area contributed by atoms with Crippen LogP contribution in [0.2, 0.25) is 0 Å². The van der Waals surface area contributed by atoms with Crippen LogP contribution in [0, 0.1) is 0 Å². The van der Waals surface area contributed by atoms with Crippen molar-refractivity contribution in [1.82, 2.24) is 5.32 Å². The fourth-order valence-corrected chi connectivity index (χ4v) is 1.54. The predicted molar refractivity (Wildman–Crippen MR) is 73.3 cm³/mol. The Hall–Kier alpha value is -2.24. The zero-order chi connectivity index (χ0) is 15.1. The van der Waals surface area contributed by atoms with E-state index in [0.717, 1.165) is 6.42 Å². The topological polar surface area (TPSA) is 84.9 Å². The van der Waals surface area contributed by atoms with E-state index in [1.807, 2.05) is 6.92 Å². The highest BCUT2D eigenvalue weighted by Gasteiger charge is 2.19. The van der Waals surface area contributed by atoms with Gasteiger partial charge in [0.15, 0.2) is 6.10 Å². The quantitative estimate of drug-likeness (QED) is 0.794. The Labute approximate surface area is 117 Å². The lowest BCUT2D eigenvalue weighted by Crippen LogP contribution is -2.36. The summed E-state index contributed by atoms with van der Waals surface area (Å²) in [6.45, 7) is 4.06. The maximum atomic E-state index is 11.7. The van der Waals surface area contributed by atoms with Crippen molar-refractivity contribution in [3.63, 3.8) is 0 Å². The third kappa shape index (κ3) is 4.15. The predicted octanol–water partition coefficient (Wildman–Crippen LogP) is 1.69. The molecule has 0 bridgehead atoms. The summed E-state index contributed by atoms with van der Waals surface area (Å²) >= 11 is 0. The summed E-state index contributed by atoms with van der Waals surface area (Å²) < 4.78 is 10.5. The van der Waals surface area contributed by atoms with Crippen LogP contribution in [-0.4, -0.2) is 36.7 Å². The van der Waals surface area contributed by atoms with Gasteiger partial charge in [-0.2, -0.15) is 0 Å². The van der Waals surface area contributed by atoms with Crippen molar-refractivity contribution in [2.75, 3.05) is 13.7 Å². The summed E-state index contributed by atoms with van der Waals surface area (Å²) in [4.78, 5) is 22.9. The van der Waals surface area contributed by atoms with E-state index in [-0.39, 0.29) is 17.2 Å². The van der Waals surface area contributed by atoms with E-state index in [2.05, 4.69) is 5.32 Å². The van der Waals surface area contributed by atoms with Gasteiger partial charge in [-0.25, -0.2) is 4.79 Å². The number of carbonyl (C=O) groups excluding carboxylic acids is 1. The first kappa shape index (κ1) is 15.8. The van der Waals surface area contributed by atoms with Crippen LogP contribution in [-0.2, 0) is 4.79 Å². The van der Waals surface area contributed by atoms with Crippen LogP contribution in [0.4, 0.5) is 0 Å². The van der Waals surface area contributed by atoms with Gasteiger partial charge < -0.3 is 19.9 Å². The van der Waals surface area contributed by atoms with Gasteiger partial charge in [-0.1, -0.05) is 6.92 Å². The van der Waals surface area contributed by atoms with E-state index >= 15 is 0 Å². The number of hydrogen-bond donors (Lipinski definition) is 2. The molecule has 0 saturated carbocycles. The molecule has 1 aromatic carbocycles. The molecule has 6 nitrogen and oxygen atoms in total. The summed E-state index contributed by atoms with van der Waals surface area (Å²) in [5, 5.41) is 11.8. The van der Waals surface area contributed by atoms with Crippen molar-refractivity contribution >= 4 is 11.9 Å². The van der Waals surface area contributed by atoms with Gasteiger partial charge in [0.2, 0.25) is 0 Å². The molecule has 20 heavy (non-hydrogen) atoms. The number of hydrogen-bond acceptors (Lipinski definition) is 4. The molecule has 0 saturated heterocycles. The van der Waals surface area contributed by atoms with Gasteiger partial charge in [0.25, 0.3) is 5.91 Å². The van der Waals surface area contributed by atoms with E-state index in [4.69, 9.17) is 14.6 Å². The molecule has 1 rings (SSSR count). The second-order valence-electron chi connectivity index (χ2n) is 4.22. The minimum Gasteiger partial charge on any atom is -0.497 e. The summed E-state index contributed by atoms with van der Waals surface area (Å²) in [5.74, 6) is -0.836. The molecule has 0 radical (unpaired) electrons. The lowest BCUT2D eigenvalue weighted by atomic mass is 10.2. The van der Waals surface area contributed by atoms with Crippen LogP contribution >= 0.6 is 0 Å². The van der Waals surface area contributed by atoms with Crippen LogP contribution in [0.25, 0.3) is 0 Å². The van der Waals surface area contributed by atoms with Gasteiger partial charge in [0.05, 0.1) is 7.11 Å². The number of nitrogens with one attached hydrogen (secondary N) is 1. The Bertz CT molecular complexity index is 486. The number of carboxylic acids is 1. The molecule has 0 heterocycles. The Morgan fingerprint density at radius 2 is 2.10 bits per heavy atom. The molecule has 1 aromatic rings. The van der Waals surface area contributed by atoms with E-state index in [1.165, 1.54) is 25.3 Å². The van der Waals surface area contributed by atoms with E-state index in [0.29, 0.717) is 12.3 Å². The minimum absolute atomic E-state index is 0.0130. The van der Waals surface area contributed by atoms with Crippen molar-refractivity contribution in [2.45, 2.75) is 26.4 Å². The lowest BCUT2D eigenvalue weighted by Gasteiger charge is -2.16. The summed E-state index contributed by atoms with van der Waals surface area (Å²) in [6.07, 6.45) is 0.0320. The van der Waals surface area contributed by atoms with Gasteiger partial charge in [0.1, 0.15) is 17.1 Å². The monoisotopic (exact) mass is 281 g/mol. The highest BCUT2D eigenvalue weighted by atomic mass is 16.5. The number of rotatable bonds is 7. The molecule has 0 aliphatic carbocycles. The van der Waals surface area contributed by atoms with E-state index in [1.54, 1.807) is 6.92 Å². The number of carboxylic acid groups (broad SMARTS) is 1. The molecular formula is C14H19NO5. The van der Waals surface area contributed by atoms with Crippen LogP contribution < -0.4 is 14.8 Å². The highest BCUT2D eigenvalue weighted by molar-refractivity contribution is 5.91. The van der Waals surface area contributed by atoms with Gasteiger partial charge in [-0.3, -0.25) is 4.79 Å². The number of benzene rings is 1. The number of ether oxygens (including phenoxy) is 2. The zero-order valence-electron chi connectivity index (χ0n) is 11.8. The standard InChI is InChI=1S/C14H19NO5/c1-4-7-15-13(16)9(2)20-12-8-10(19-3)5-6-11(12)14(17)18/h5-6,8-9H,4,7H2,1-3H3,(H,15,16)(H,17,18)/t9-/m1/s1. The molecule has 1 atom stereocenters. The number of methoxy groups -OCH3 is 1. The highest BCUT2D eigenvalue weighted by Crippen LogP contribution is 2.25. The smallest absolute Gasteiger partial charge is 0.339 e. The first-order chi connectivity index (χ1) is 9.49. The molecule has 0 spiro atoms. The van der Waals surface area contributed by atoms with E-state index < -0.39 is 12.1 Å². The average Bonchev–Trinajstić information content (AvgIpc) is 2.44. The molecule has 110 valence electrons. The van der Waals surface area contributed by atoms with Crippen LogP contribution in [0.15, 0.2) is 18.2 Å². The minimum atomic E-state index is -1.12. The fraction of sp³-hybridized carbons (Fsp3) is 0.429. The van der Waals surface area contributed by atoms with E-state index in [9.17, 15) is 9.59 Å². The second kappa shape index (κ2) is 7.37. The lowest BCUT2D eigenvalue weighted by molar-refractivity contribution is -0.127. The second-order valence-corrected chi connectivity index (χ2v) is 4.22. The third-order valence-corrected chi connectivity index (χ3v) is 2.64. The molecular weight excluding hydrogens is 262 g/mol. The molecule has 0 unspecified atom stereocenters. The molecule has 2 N–H and O–H groups in total. The Morgan fingerprint density at radius 3 is 2.65 bits per heavy atom. The molecule has 1 amide bonds. The van der Waals surface area contributed by atoms with Gasteiger partial charge in [-0.05, 0) is 25.5 Å². The largest absolute Gasteiger partial charge is 0.497 e. The average molecular weight is 281 g/mol. The number of amides is 1. The molecule has 6 heteroatoms. The van der Waals surface area contributed by atoms with Crippen molar-refractivity contribution < 1.29 is 24.2 Å². The van der Waals surface area contributed by atoms with Crippen molar-refractivity contribution in [1.29, 1.82) is 0 Å². The Kier molecular flexibility index (Phi) is 5.83. The third-order valence-electron chi connectivity index (χ3n) is 2.64. The molecule has 0 fully saturated rings. The van der Waals surface area contributed by atoms with Crippen LogP contribution in [0.1, 0.15) is 30.6 Å². The Morgan fingerprint density at radius 1 is 1.40 bits per heavy atom. The van der Waals surface area contributed by atoms with Crippen molar-refractivity contribution in [2.24, 2.45) is 0 Å². The Balaban J connectivity index is 2.89. The fourth-order valence-electron chi connectivity index (χ4n) is 1.54.